The maximum Gasteiger partial charge on any atom is 0.266 e. The number of rotatable bonds is 2. The molecule has 1 heterocycles. The molecule has 0 saturated carbocycles. The van der Waals surface area contributed by atoms with Gasteiger partial charge in [-0.2, -0.15) is 0 Å². The molecule has 2 rings (SSSR count). The topological polar surface area (TPSA) is 29.1 Å². The zero-order chi connectivity index (χ0) is 12.4. The fourth-order valence-corrected chi connectivity index (χ4v) is 2.92. The van der Waals surface area contributed by atoms with E-state index in [2.05, 4.69) is 21.2 Å². The number of benzene rings is 1. The van der Waals surface area contributed by atoms with Gasteiger partial charge in [0.2, 0.25) is 0 Å². The van der Waals surface area contributed by atoms with E-state index in [1.54, 1.807) is 0 Å². The Kier molecular flexibility index (Phi) is 3.64. The third-order valence-corrected chi connectivity index (χ3v) is 4.11. The minimum absolute atomic E-state index is 0.0537. The van der Waals surface area contributed by atoms with Crippen molar-refractivity contribution in [3.63, 3.8) is 0 Å². The lowest BCUT2D eigenvalue weighted by atomic mass is 10.2. The summed E-state index contributed by atoms with van der Waals surface area (Å²) in [5.41, 5.74) is 2.96. The van der Waals surface area contributed by atoms with Crippen LogP contribution in [0.25, 0.3) is 0 Å². The van der Waals surface area contributed by atoms with E-state index in [4.69, 9.17) is 0 Å². The lowest BCUT2D eigenvalue weighted by Gasteiger charge is -2.07. The first-order valence-electron chi connectivity index (χ1n) is 5.19. The van der Waals surface area contributed by atoms with Gasteiger partial charge in [-0.05, 0) is 64.5 Å². The average molecular weight is 310 g/mol. The molecule has 0 atom stereocenters. The summed E-state index contributed by atoms with van der Waals surface area (Å²) < 4.78 is 0.903. The van der Waals surface area contributed by atoms with Crippen LogP contribution in [0.2, 0.25) is 0 Å². The van der Waals surface area contributed by atoms with Gasteiger partial charge in [0.05, 0.1) is 10.6 Å². The zero-order valence-corrected chi connectivity index (χ0v) is 12.0. The van der Waals surface area contributed by atoms with E-state index in [-0.39, 0.29) is 5.91 Å². The fraction of sp³-hybridized carbons (Fsp3) is 0.154. The van der Waals surface area contributed by atoms with Crippen molar-refractivity contribution in [1.82, 2.24) is 0 Å². The first-order chi connectivity index (χ1) is 8.08. The highest BCUT2D eigenvalue weighted by atomic mass is 79.9. The van der Waals surface area contributed by atoms with Gasteiger partial charge in [0, 0.05) is 4.47 Å². The number of aryl methyl sites for hydroxylation is 2. The van der Waals surface area contributed by atoms with Gasteiger partial charge in [-0.15, -0.1) is 11.3 Å². The molecular weight excluding hydrogens is 298 g/mol. The van der Waals surface area contributed by atoms with E-state index in [9.17, 15) is 4.79 Å². The normalized spacial score (nSPS) is 10.3. The van der Waals surface area contributed by atoms with E-state index in [0.29, 0.717) is 0 Å². The highest BCUT2D eigenvalue weighted by Crippen LogP contribution is 2.25. The molecule has 1 N–H and O–H groups in total. The molecule has 2 nitrogen and oxygen atoms in total. The van der Waals surface area contributed by atoms with Gasteiger partial charge in [0.15, 0.2) is 0 Å². The minimum atomic E-state index is -0.0537. The maximum atomic E-state index is 12.0. The van der Waals surface area contributed by atoms with Crippen LogP contribution in [0.1, 0.15) is 20.8 Å². The predicted octanol–water partition coefficient (Wildman–Crippen LogP) is 4.38. The number of anilines is 1. The lowest BCUT2D eigenvalue weighted by molar-refractivity contribution is 0.103. The summed E-state index contributed by atoms with van der Waals surface area (Å²) in [7, 11) is 0. The van der Waals surface area contributed by atoms with Crippen LogP contribution in [0.15, 0.2) is 34.1 Å². The molecule has 0 spiro atoms. The minimum Gasteiger partial charge on any atom is -0.320 e. The highest BCUT2D eigenvalue weighted by Gasteiger charge is 2.11. The number of halogens is 1. The molecule has 1 aromatic carbocycles. The van der Waals surface area contributed by atoms with Crippen molar-refractivity contribution >= 4 is 38.9 Å². The van der Waals surface area contributed by atoms with E-state index in [1.165, 1.54) is 11.3 Å². The van der Waals surface area contributed by atoms with Crippen molar-refractivity contribution in [2.24, 2.45) is 0 Å². The highest BCUT2D eigenvalue weighted by molar-refractivity contribution is 9.10. The zero-order valence-electron chi connectivity index (χ0n) is 9.58. The van der Waals surface area contributed by atoms with Crippen molar-refractivity contribution in [2.75, 3.05) is 5.32 Å². The number of hydrogen-bond acceptors (Lipinski definition) is 2. The molecule has 1 aromatic heterocycles. The van der Waals surface area contributed by atoms with Crippen molar-refractivity contribution in [3.05, 3.63) is 50.1 Å². The summed E-state index contributed by atoms with van der Waals surface area (Å²) in [4.78, 5) is 12.8. The second-order valence-electron chi connectivity index (χ2n) is 3.87. The second-order valence-corrected chi connectivity index (χ2v) is 5.64. The third kappa shape index (κ3) is 2.76. The van der Waals surface area contributed by atoms with Gasteiger partial charge in [0.25, 0.3) is 5.91 Å². The molecule has 0 saturated heterocycles. The molecule has 2 aromatic rings. The molecule has 0 aliphatic carbocycles. The van der Waals surface area contributed by atoms with Gasteiger partial charge in [-0.1, -0.05) is 6.07 Å². The van der Waals surface area contributed by atoms with Crippen LogP contribution in [-0.4, -0.2) is 5.91 Å². The number of carbonyl (C=O) groups is 1. The summed E-state index contributed by atoms with van der Waals surface area (Å²) in [6.45, 7) is 3.95. The Morgan fingerprint density at radius 3 is 2.65 bits per heavy atom. The molecule has 17 heavy (non-hydrogen) atoms. The summed E-state index contributed by atoms with van der Waals surface area (Å²) in [5, 5.41) is 4.83. The molecule has 1 amide bonds. The molecule has 0 fully saturated rings. The van der Waals surface area contributed by atoms with E-state index >= 15 is 0 Å². The van der Waals surface area contributed by atoms with Crippen LogP contribution in [0.3, 0.4) is 0 Å². The molecule has 0 aliphatic heterocycles. The maximum absolute atomic E-state index is 12.0. The van der Waals surface area contributed by atoms with E-state index < -0.39 is 0 Å². The molecule has 0 bridgehead atoms. The van der Waals surface area contributed by atoms with E-state index in [1.807, 2.05) is 43.5 Å². The van der Waals surface area contributed by atoms with Gasteiger partial charge >= 0.3 is 0 Å². The average Bonchev–Trinajstić information content (AvgIpc) is 2.68. The van der Waals surface area contributed by atoms with Crippen molar-refractivity contribution in [2.45, 2.75) is 13.8 Å². The number of thiophene rings is 1. The molecule has 0 aliphatic rings. The van der Waals surface area contributed by atoms with Crippen molar-refractivity contribution < 1.29 is 4.79 Å². The molecule has 0 unspecified atom stereocenters. The number of nitrogens with one attached hydrogen (secondary N) is 1. The molecule has 88 valence electrons. The number of amides is 1. The Hall–Kier alpha value is -1.13. The van der Waals surface area contributed by atoms with Crippen LogP contribution >= 0.6 is 27.3 Å². The number of hydrogen-bond donors (Lipinski definition) is 1. The van der Waals surface area contributed by atoms with Crippen molar-refractivity contribution in [1.29, 1.82) is 0 Å². The fourth-order valence-electron chi connectivity index (χ4n) is 1.51. The first kappa shape index (κ1) is 12.3. The SMILES string of the molecule is Cc1ccc(NC(=O)c2sccc2C)c(Br)c1. The summed E-state index contributed by atoms with van der Waals surface area (Å²) in [6, 6.07) is 7.81. The van der Waals surface area contributed by atoms with Crippen LogP contribution in [0.5, 0.6) is 0 Å². The largest absolute Gasteiger partial charge is 0.320 e. The predicted molar refractivity (Wildman–Crippen MR) is 75.9 cm³/mol. The number of carbonyl (C=O) groups excluding carboxylic acids is 1. The summed E-state index contributed by atoms with van der Waals surface area (Å²) in [5.74, 6) is -0.0537. The standard InChI is InChI=1S/C13H12BrNOS/c1-8-3-4-11(10(14)7-8)15-13(16)12-9(2)5-6-17-12/h3-7H,1-2H3,(H,15,16). The smallest absolute Gasteiger partial charge is 0.266 e. The Morgan fingerprint density at radius 2 is 2.06 bits per heavy atom. The van der Waals surface area contributed by atoms with Crippen LogP contribution < -0.4 is 5.32 Å². The molecule has 4 heteroatoms. The quantitative estimate of drug-likeness (QED) is 0.876. The van der Waals surface area contributed by atoms with E-state index in [0.717, 1.165) is 26.2 Å². The first-order valence-corrected chi connectivity index (χ1v) is 6.87. The summed E-state index contributed by atoms with van der Waals surface area (Å²) in [6.07, 6.45) is 0. The van der Waals surface area contributed by atoms with Crippen LogP contribution in [-0.2, 0) is 0 Å². The summed E-state index contributed by atoms with van der Waals surface area (Å²) >= 11 is 4.90. The Balaban J connectivity index is 2.22. The van der Waals surface area contributed by atoms with Crippen molar-refractivity contribution in [3.8, 4) is 0 Å². The van der Waals surface area contributed by atoms with Crippen LogP contribution in [0.4, 0.5) is 5.69 Å². The Morgan fingerprint density at radius 1 is 1.29 bits per heavy atom. The van der Waals surface area contributed by atoms with Crippen LogP contribution in [0, 0.1) is 13.8 Å². The van der Waals surface area contributed by atoms with Gasteiger partial charge < -0.3 is 5.32 Å². The molecule has 0 radical (unpaired) electrons. The Labute approximate surface area is 113 Å². The Bertz CT molecular complexity index is 562. The lowest BCUT2D eigenvalue weighted by Crippen LogP contribution is -2.11. The van der Waals surface area contributed by atoms with Gasteiger partial charge in [0.1, 0.15) is 0 Å². The monoisotopic (exact) mass is 309 g/mol. The van der Waals surface area contributed by atoms with Gasteiger partial charge in [-0.3, -0.25) is 4.79 Å². The second kappa shape index (κ2) is 5.02. The molecular formula is C13H12BrNOS. The third-order valence-electron chi connectivity index (χ3n) is 2.44. The van der Waals surface area contributed by atoms with Gasteiger partial charge in [-0.25, -0.2) is 0 Å².